The van der Waals surface area contributed by atoms with E-state index >= 15 is 0 Å². The van der Waals surface area contributed by atoms with Crippen molar-refractivity contribution in [2.24, 2.45) is 0 Å². The lowest BCUT2D eigenvalue weighted by Crippen LogP contribution is -2.51. The summed E-state index contributed by atoms with van der Waals surface area (Å²) in [7, 11) is 1.78. The lowest BCUT2D eigenvalue weighted by Gasteiger charge is -2.42. The van der Waals surface area contributed by atoms with Gasteiger partial charge < -0.3 is 50.4 Å². The molecule has 1 saturated carbocycles. The van der Waals surface area contributed by atoms with Crippen molar-refractivity contribution in [3.05, 3.63) is 104 Å². The van der Waals surface area contributed by atoms with Gasteiger partial charge in [-0.3, -0.25) is 9.80 Å². The quantitative estimate of drug-likeness (QED) is 0.0866. The lowest BCUT2D eigenvalue weighted by molar-refractivity contribution is -0.134. The fourth-order valence-corrected chi connectivity index (χ4v) is 6.63. The molecule has 2 aromatic carbocycles. The van der Waals surface area contributed by atoms with Gasteiger partial charge in [-0.05, 0) is 55.5 Å². The first-order valence-electron chi connectivity index (χ1n) is 19.4. The number of benzene rings is 2. The van der Waals surface area contributed by atoms with E-state index in [1.165, 1.54) is 12.8 Å². The van der Waals surface area contributed by atoms with Gasteiger partial charge in [-0.25, -0.2) is 38.7 Å². The van der Waals surface area contributed by atoms with E-state index in [0.717, 1.165) is 85.8 Å². The molecule has 8 N–H and O–H groups in total. The minimum atomic E-state index is -1.26. The molecule has 0 amide bonds. The van der Waals surface area contributed by atoms with Crippen LogP contribution >= 0.6 is 0 Å². The summed E-state index contributed by atoms with van der Waals surface area (Å²) in [4.78, 5) is 71.6. The van der Waals surface area contributed by atoms with Gasteiger partial charge in [0.1, 0.15) is 29.3 Å². The number of rotatable bonds is 14. The Labute approximate surface area is 361 Å². The van der Waals surface area contributed by atoms with Crippen molar-refractivity contribution in [2.75, 3.05) is 52.2 Å². The number of nitrogens with two attached hydrogens (primary N) is 1. The van der Waals surface area contributed by atoms with Gasteiger partial charge >= 0.3 is 35.8 Å². The van der Waals surface area contributed by atoms with Crippen molar-refractivity contribution < 1.29 is 68.9 Å². The summed E-state index contributed by atoms with van der Waals surface area (Å²) in [6.45, 7) is 6.44. The topological polar surface area (TPSA) is 305 Å². The van der Waals surface area contributed by atoms with Crippen LogP contribution in [0.5, 0.6) is 11.5 Å². The van der Waals surface area contributed by atoms with Crippen molar-refractivity contribution in [3.8, 4) is 22.6 Å². The maximum Gasteiger partial charge on any atom is 0.328 e. The van der Waals surface area contributed by atoms with Crippen molar-refractivity contribution in [1.82, 2.24) is 24.3 Å². The smallest absolute Gasteiger partial charge is 0.328 e. The Morgan fingerprint density at radius 3 is 1.57 bits per heavy atom. The van der Waals surface area contributed by atoms with Gasteiger partial charge in [0.2, 0.25) is 0 Å². The second-order valence-corrected chi connectivity index (χ2v) is 13.7. The summed E-state index contributed by atoms with van der Waals surface area (Å²) in [5, 5.41) is 47.8. The molecule has 63 heavy (non-hydrogen) atoms. The third kappa shape index (κ3) is 18.0. The van der Waals surface area contributed by atoms with Crippen molar-refractivity contribution in [2.45, 2.75) is 37.8 Å². The molecular weight excluding hydrogens is 825 g/mol. The van der Waals surface area contributed by atoms with Crippen LogP contribution in [0.1, 0.15) is 31.7 Å². The highest BCUT2D eigenvalue weighted by molar-refractivity contribution is 6.00. The molecule has 2 aliphatic rings. The third-order valence-electron chi connectivity index (χ3n) is 9.48. The van der Waals surface area contributed by atoms with E-state index in [4.69, 9.17) is 50.8 Å². The second kappa shape index (κ2) is 26.0. The van der Waals surface area contributed by atoms with E-state index in [0.29, 0.717) is 54.4 Å². The first kappa shape index (κ1) is 49.9. The van der Waals surface area contributed by atoms with Gasteiger partial charge in [0.25, 0.3) is 0 Å². The van der Waals surface area contributed by atoms with Crippen molar-refractivity contribution >= 4 is 52.7 Å². The zero-order valence-corrected chi connectivity index (χ0v) is 34.3. The first-order valence-corrected chi connectivity index (χ1v) is 19.4. The minimum Gasteiger partial charge on any atom is -0.478 e. The highest BCUT2D eigenvalue weighted by Gasteiger charge is 2.30. The number of anilines is 1. The molecule has 0 radical (unpaired) electrons. The number of hydrogen-bond acceptors (Lipinski definition) is 13. The molecule has 336 valence electrons. The van der Waals surface area contributed by atoms with Gasteiger partial charge in [0.15, 0.2) is 0 Å². The molecule has 0 atom stereocenters. The first-order chi connectivity index (χ1) is 30.1. The molecule has 20 nitrogen and oxygen atoms in total. The Kier molecular flexibility index (Phi) is 20.6. The lowest BCUT2D eigenvalue weighted by atomic mass is 9.89. The monoisotopic (exact) mass is 874 g/mol. The number of aliphatic carboxylic acids is 6. The molecule has 4 aromatic rings. The highest BCUT2D eigenvalue weighted by atomic mass is 16.5. The zero-order chi connectivity index (χ0) is 46.3. The fourth-order valence-electron chi connectivity index (χ4n) is 6.63. The van der Waals surface area contributed by atoms with E-state index in [-0.39, 0.29) is 0 Å². The number of nitrogen functional groups attached to an aromatic ring is 1. The van der Waals surface area contributed by atoms with Crippen LogP contribution in [0.15, 0.2) is 104 Å². The van der Waals surface area contributed by atoms with E-state index < -0.39 is 35.8 Å². The number of methoxy groups -OCH3 is 1. The van der Waals surface area contributed by atoms with Crippen LogP contribution < -0.4 is 10.5 Å². The molecule has 0 spiro atoms. The number of fused-ring (bicyclic) bond motifs is 1. The van der Waals surface area contributed by atoms with Crippen LogP contribution in [-0.2, 0) is 33.5 Å². The van der Waals surface area contributed by atoms with Gasteiger partial charge in [0, 0.05) is 100 Å². The van der Waals surface area contributed by atoms with Gasteiger partial charge in [-0.2, -0.15) is 0 Å². The minimum absolute atomic E-state index is 0.412. The SMILES string of the molecule is COCCN1CCN(C2CCC(n3cc(-c4ccc(Oc5ccccc5)cc4)c4c(N)ncnc43)CC2)CC1.O=C(O)/C=C\C(=O)O.O=C(O)/C=C\C(=O)O.O=C(O)/C=C\C(=O)O. The molecule has 6 rings (SSSR count). The van der Waals surface area contributed by atoms with Crippen LogP contribution in [0.3, 0.4) is 0 Å². The van der Waals surface area contributed by atoms with E-state index in [9.17, 15) is 28.8 Å². The summed E-state index contributed by atoms with van der Waals surface area (Å²) >= 11 is 0. The normalized spacial score (nSPS) is 16.5. The zero-order valence-electron chi connectivity index (χ0n) is 34.3. The van der Waals surface area contributed by atoms with Crippen LogP contribution in [0, 0.1) is 0 Å². The number of carboxylic acids is 6. The summed E-state index contributed by atoms with van der Waals surface area (Å²) in [6, 6.07) is 19.1. The molecule has 1 aliphatic carbocycles. The summed E-state index contributed by atoms with van der Waals surface area (Å²) in [5.74, 6) is -5.39. The summed E-state index contributed by atoms with van der Waals surface area (Å²) in [5.41, 5.74) is 9.51. The Bertz CT molecular complexity index is 2100. The molecule has 20 heteroatoms. The van der Waals surface area contributed by atoms with E-state index in [1.807, 2.05) is 42.5 Å². The van der Waals surface area contributed by atoms with Crippen LogP contribution in [0.4, 0.5) is 5.82 Å². The van der Waals surface area contributed by atoms with Gasteiger partial charge in [-0.1, -0.05) is 30.3 Å². The Morgan fingerprint density at radius 1 is 0.651 bits per heavy atom. The van der Waals surface area contributed by atoms with Gasteiger partial charge in [-0.15, -0.1) is 0 Å². The average molecular weight is 875 g/mol. The third-order valence-corrected chi connectivity index (χ3v) is 9.48. The maximum atomic E-state index is 9.55. The Balaban J connectivity index is 0.000000360. The number of carbonyl (C=O) groups is 6. The van der Waals surface area contributed by atoms with Gasteiger partial charge in [0.05, 0.1) is 12.0 Å². The van der Waals surface area contributed by atoms with Crippen LogP contribution in [0.2, 0.25) is 0 Å². The molecule has 2 aromatic heterocycles. The predicted molar refractivity (Wildman–Crippen MR) is 228 cm³/mol. The Morgan fingerprint density at radius 2 is 1.11 bits per heavy atom. The van der Waals surface area contributed by atoms with Crippen molar-refractivity contribution in [1.29, 1.82) is 0 Å². The molecule has 3 heterocycles. The molecule has 0 unspecified atom stereocenters. The number of hydrogen-bond donors (Lipinski definition) is 7. The summed E-state index contributed by atoms with van der Waals surface area (Å²) < 4.78 is 13.6. The Hall–Kier alpha value is -7.42. The number of para-hydroxylation sites is 1. The fraction of sp³-hybridized carbons (Fsp3) is 0.302. The molecule has 1 saturated heterocycles. The number of carboxylic acid groups (broad SMARTS) is 6. The molecule has 1 aliphatic heterocycles. The number of nitrogens with zero attached hydrogens (tertiary/aromatic N) is 5. The number of aromatic nitrogens is 3. The van der Waals surface area contributed by atoms with E-state index in [2.05, 4.69) is 37.7 Å². The molecule has 0 bridgehead atoms. The standard InChI is InChI=1S/C31H38N6O2.3C4H4O4/c1-38-20-19-35-15-17-36(18-16-35)24-9-11-25(12-10-24)37-21-28(29-30(32)33-22-34-31(29)37)23-7-13-27(14-8-23)39-26-5-3-2-4-6-26;3*5-3(6)1-2-4(7)8/h2-8,13-14,21-22,24-25H,9-12,15-20H2,1H3,(H2,32,33,34);3*1-2H,(H,5,6)(H,7,8)/b;3*2-1-. The van der Waals surface area contributed by atoms with Crippen molar-refractivity contribution in [3.63, 3.8) is 0 Å². The van der Waals surface area contributed by atoms with Crippen LogP contribution in [0.25, 0.3) is 22.2 Å². The second-order valence-electron chi connectivity index (χ2n) is 13.7. The maximum absolute atomic E-state index is 9.55. The summed E-state index contributed by atoms with van der Waals surface area (Å²) in [6.07, 6.45) is 11.9. The molecule has 2 fully saturated rings. The number of piperazine rings is 1. The highest BCUT2D eigenvalue weighted by Crippen LogP contribution is 2.39. The van der Waals surface area contributed by atoms with Crippen LogP contribution in [-0.4, -0.2) is 143 Å². The number of ether oxygens (including phenoxy) is 2. The largest absolute Gasteiger partial charge is 0.478 e. The van der Waals surface area contributed by atoms with E-state index in [1.54, 1.807) is 13.4 Å². The average Bonchev–Trinajstić information content (AvgIpc) is 3.66. The molecular formula is C43H50N6O14. The predicted octanol–water partition coefficient (Wildman–Crippen LogP) is 4.36.